The SMILES string of the molecule is CC(C)C(=O)N[C@H](c1ccccc1)c1cc([N+](=O)[O-])c2cccnc2c1O. The van der Waals surface area contributed by atoms with Crippen molar-refractivity contribution in [3.63, 3.8) is 0 Å². The van der Waals surface area contributed by atoms with Gasteiger partial charge in [0.25, 0.3) is 5.69 Å². The fourth-order valence-electron chi connectivity index (χ4n) is 2.90. The molecule has 0 bridgehead atoms. The van der Waals surface area contributed by atoms with Crippen LogP contribution < -0.4 is 5.32 Å². The smallest absolute Gasteiger partial charge is 0.279 e. The van der Waals surface area contributed by atoms with E-state index < -0.39 is 11.0 Å². The molecule has 1 amide bonds. The van der Waals surface area contributed by atoms with E-state index in [0.717, 1.165) is 0 Å². The zero-order valence-corrected chi connectivity index (χ0v) is 14.9. The summed E-state index contributed by atoms with van der Waals surface area (Å²) in [5, 5.41) is 25.5. The highest BCUT2D eigenvalue weighted by atomic mass is 16.6. The fourth-order valence-corrected chi connectivity index (χ4v) is 2.90. The topological polar surface area (TPSA) is 105 Å². The number of nitro benzene ring substituents is 1. The molecule has 0 unspecified atom stereocenters. The lowest BCUT2D eigenvalue weighted by Gasteiger charge is -2.22. The molecule has 0 radical (unpaired) electrons. The summed E-state index contributed by atoms with van der Waals surface area (Å²) in [6, 6.07) is 12.7. The van der Waals surface area contributed by atoms with Gasteiger partial charge in [-0.05, 0) is 17.7 Å². The lowest BCUT2D eigenvalue weighted by Crippen LogP contribution is -2.32. The first-order valence-electron chi connectivity index (χ1n) is 8.50. The van der Waals surface area contributed by atoms with Crippen LogP contribution in [0.25, 0.3) is 10.9 Å². The number of nitrogens with one attached hydrogen (secondary N) is 1. The van der Waals surface area contributed by atoms with Gasteiger partial charge in [-0.25, -0.2) is 0 Å². The molecule has 7 nitrogen and oxygen atoms in total. The molecule has 2 N–H and O–H groups in total. The predicted octanol–water partition coefficient (Wildman–Crippen LogP) is 3.71. The third-order valence-electron chi connectivity index (χ3n) is 4.33. The van der Waals surface area contributed by atoms with Crippen LogP contribution in [0.3, 0.4) is 0 Å². The summed E-state index contributed by atoms with van der Waals surface area (Å²) >= 11 is 0. The summed E-state index contributed by atoms with van der Waals surface area (Å²) in [5.41, 5.74) is 0.881. The molecule has 1 heterocycles. The van der Waals surface area contributed by atoms with Crippen molar-refractivity contribution in [3.8, 4) is 5.75 Å². The summed E-state index contributed by atoms with van der Waals surface area (Å²) in [5.74, 6) is -0.701. The standard InChI is InChI=1S/C20H19N3O4/c1-12(2)20(25)22-17(13-7-4-3-5-8-13)15-11-16(23(26)27)14-9-6-10-21-18(14)19(15)24/h3-12,17,24H,1-2H3,(H,22,25)/t17-/m1/s1. The molecular formula is C20H19N3O4. The van der Waals surface area contributed by atoms with Crippen LogP contribution in [0.5, 0.6) is 5.75 Å². The van der Waals surface area contributed by atoms with Gasteiger partial charge in [0.2, 0.25) is 5.91 Å². The number of aromatic hydroxyl groups is 1. The van der Waals surface area contributed by atoms with Gasteiger partial charge in [0.15, 0.2) is 0 Å². The molecule has 0 aliphatic heterocycles. The molecule has 0 saturated heterocycles. The normalized spacial score (nSPS) is 12.1. The number of hydrogen-bond acceptors (Lipinski definition) is 5. The number of amides is 1. The van der Waals surface area contributed by atoms with Crippen molar-refractivity contribution in [1.29, 1.82) is 0 Å². The van der Waals surface area contributed by atoms with Gasteiger partial charge in [0.05, 0.1) is 16.4 Å². The number of phenolic OH excluding ortho intramolecular Hbond substituents is 1. The van der Waals surface area contributed by atoms with E-state index in [9.17, 15) is 20.0 Å². The molecule has 2 aromatic carbocycles. The van der Waals surface area contributed by atoms with Crippen LogP contribution in [0.15, 0.2) is 54.7 Å². The quantitative estimate of drug-likeness (QED) is 0.530. The number of hydrogen-bond donors (Lipinski definition) is 2. The lowest BCUT2D eigenvalue weighted by atomic mass is 9.95. The second kappa shape index (κ2) is 7.41. The Hall–Kier alpha value is -3.48. The Morgan fingerprint density at radius 2 is 1.89 bits per heavy atom. The van der Waals surface area contributed by atoms with Crippen LogP contribution in [-0.4, -0.2) is 20.9 Å². The molecule has 27 heavy (non-hydrogen) atoms. The fraction of sp³-hybridized carbons (Fsp3) is 0.200. The van der Waals surface area contributed by atoms with Gasteiger partial charge in [0, 0.05) is 23.7 Å². The van der Waals surface area contributed by atoms with E-state index in [4.69, 9.17) is 0 Å². The Morgan fingerprint density at radius 1 is 1.19 bits per heavy atom. The number of carbonyl (C=O) groups excluding carboxylic acids is 1. The largest absolute Gasteiger partial charge is 0.505 e. The molecule has 3 aromatic rings. The molecule has 1 atom stereocenters. The number of carbonyl (C=O) groups is 1. The van der Waals surface area contributed by atoms with Crippen LogP contribution in [0.4, 0.5) is 5.69 Å². The minimum atomic E-state index is -0.744. The summed E-state index contributed by atoms with van der Waals surface area (Å²) < 4.78 is 0. The van der Waals surface area contributed by atoms with Gasteiger partial charge >= 0.3 is 0 Å². The third-order valence-corrected chi connectivity index (χ3v) is 4.33. The van der Waals surface area contributed by atoms with Crippen molar-refractivity contribution in [2.24, 2.45) is 5.92 Å². The maximum atomic E-state index is 12.4. The van der Waals surface area contributed by atoms with E-state index in [1.807, 2.05) is 6.07 Å². The van der Waals surface area contributed by atoms with Crippen molar-refractivity contribution < 1.29 is 14.8 Å². The Morgan fingerprint density at radius 3 is 2.52 bits per heavy atom. The molecule has 0 saturated carbocycles. The zero-order valence-electron chi connectivity index (χ0n) is 14.9. The highest BCUT2D eigenvalue weighted by Crippen LogP contribution is 2.39. The first-order valence-corrected chi connectivity index (χ1v) is 8.50. The highest BCUT2D eigenvalue weighted by molar-refractivity contribution is 5.94. The van der Waals surface area contributed by atoms with Gasteiger partial charge < -0.3 is 10.4 Å². The Balaban J connectivity index is 2.25. The van der Waals surface area contributed by atoms with Gasteiger partial charge in [-0.15, -0.1) is 0 Å². The number of nitrogens with zero attached hydrogens (tertiary/aromatic N) is 2. The maximum absolute atomic E-state index is 12.4. The Kier molecular flexibility index (Phi) is 5.03. The minimum absolute atomic E-state index is 0.126. The van der Waals surface area contributed by atoms with E-state index >= 15 is 0 Å². The van der Waals surface area contributed by atoms with Gasteiger partial charge in [-0.2, -0.15) is 0 Å². The number of benzene rings is 2. The van der Waals surface area contributed by atoms with Crippen molar-refractivity contribution >= 4 is 22.5 Å². The molecule has 1 aromatic heterocycles. The second-order valence-electron chi connectivity index (χ2n) is 6.50. The van der Waals surface area contributed by atoms with E-state index in [2.05, 4.69) is 10.3 Å². The highest BCUT2D eigenvalue weighted by Gasteiger charge is 2.27. The molecule has 7 heteroatoms. The maximum Gasteiger partial charge on any atom is 0.279 e. The lowest BCUT2D eigenvalue weighted by molar-refractivity contribution is -0.383. The third kappa shape index (κ3) is 3.57. The van der Waals surface area contributed by atoms with E-state index in [0.29, 0.717) is 5.56 Å². The second-order valence-corrected chi connectivity index (χ2v) is 6.50. The average molecular weight is 365 g/mol. The number of pyridine rings is 1. The van der Waals surface area contributed by atoms with Gasteiger partial charge in [-0.1, -0.05) is 44.2 Å². The van der Waals surface area contributed by atoms with Crippen LogP contribution >= 0.6 is 0 Å². The van der Waals surface area contributed by atoms with Crippen molar-refractivity contribution in [2.75, 3.05) is 0 Å². The van der Waals surface area contributed by atoms with E-state index in [-0.39, 0.29) is 39.7 Å². The number of fused-ring (bicyclic) bond motifs is 1. The summed E-state index contributed by atoms with van der Waals surface area (Å²) in [6.45, 7) is 3.50. The Bertz CT molecular complexity index is 1000. The number of phenols is 1. The van der Waals surface area contributed by atoms with Crippen LogP contribution in [0.1, 0.15) is 31.0 Å². The minimum Gasteiger partial charge on any atom is -0.505 e. The van der Waals surface area contributed by atoms with Crippen molar-refractivity contribution in [3.05, 3.63) is 76.0 Å². The molecular weight excluding hydrogens is 346 g/mol. The van der Waals surface area contributed by atoms with E-state index in [1.54, 1.807) is 44.2 Å². The molecule has 138 valence electrons. The zero-order chi connectivity index (χ0) is 19.6. The molecule has 0 aliphatic rings. The summed E-state index contributed by atoms with van der Waals surface area (Å²) in [7, 11) is 0. The average Bonchev–Trinajstić information content (AvgIpc) is 2.67. The number of aromatic nitrogens is 1. The van der Waals surface area contributed by atoms with Gasteiger partial charge in [0.1, 0.15) is 11.3 Å². The monoisotopic (exact) mass is 365 g/mol. The molecule has 0 fully saturated rings. The van der Waals surface area contributed by atoms with Crippen molar-refractivity contribution in [2.45, 2.75) is 19.9 Å². The number of non-ortho nitro benzene ring substituents is 1. The first-order chi connectivity index (χ1) is 12.9. The molecule has 0 spiro atoms. The van der Waals surface area contributed by atoms with Crippen LogP contribution in [0.2, 0.25) is 0 Å². The number of rotatable bonds is 5. The Labute approximate surface area is 155 Å². The van der Waals surface area contributed by atoms with Gasteiger partial charge in [-0.3, -0.25) is 19.9 Å². The first kappa shape index (κ1) is 18.3. The molecule has 3 rings (SSSR count). The number of nitro groups is 1. The van der Waals surface area contributed by atoms with E-state index in [1.165, 1.54) is 18.3 Å². The predicted molar refractivity (Wildman–Crippen MR) is 101 cm³/mol. The summed E-state index contributed by atoms with van der Waals surface area (Å²) in [4.78, 5) is 27.5. The van der Waals surface area contributed by atoms with Crippen LogP contribution in [-0.2, 0) is 4.79 Å². The van der Waals surface area contributed by atoms with Crippen LogP contribution in [0, 0.1) is 16.0 Å². The summed E-state index contributed by atoms with van der Waals surface area (Å²) in [6.07, 6.45) is 1.46. The van der Waals surface area contributed by atoms with Crippen molar-refractivity contribution in [1.82, 2.24) is 10.3 Å². The molecule has 0 aliphatic carbocycles.